The Hall–Kier alpha value is -2.09. The van der Waals surface area contributed by atoms with E-state index in [2.05, 4.69) is 4.40 Å². The molecule has 0 radical (unpaired) electrons. The number of amides is 1. The van der Waals surface area contributed by atoms with Crippen molar-refractivity contribution in [2.24, 2.45) is 4.40 Å². The molecule has 1 atom stereocenters. The van der Waals surface area contributed by atoms with Crippen molar-refractivity contribution in [3.05, 3.63) is 29.8 Å². The molecule has 0 spiro atoms. The standard InChI is InChI=1S/C18H25N3O4S/c1-18(2,3)25-17(22)21-11-7-8-13(21)12-20(4)16-14-9-5-6-10-15(14)26(23,24)19-16/h5-6,9-10,13H,7-8,11-12H2,1-4H3/t13-/m1/s1. The van der Waals surface area contributed by atoms with Gasteiger partial charge >= 0.3 is 6.09 Å². The van der Waals surface area contributed by atoms with Crippen LogP contribution in [0.1, 0.15) is 39.2 Å². The number of likely N-dealkylation sites (tertiary alicyclic amines) is 1. The molecule has 0 bridgehead atoms. The van der Waals surface area contributed by atoms with Gasteiger partial charge in [0.15, 0.2) is 5.84 Å². The molecule has 8 heteroatoms. The molecule has 3 rings (SSSR count). The molecule has 0 aliphatic carbocycles. The Balaban J connectivity index is 1.76. The lowest BCUT2D eigenvalue weighted by atomic mass is 10.1. The van der Waals surface area contributed by atoms with Gasteiger partial charge in [0.1, 0.15) is 10.5 Å². The molecule has 1 amide bonds. The summed E-state index contributed by atoms with van der Waals surface area (Å²) in [5.74, 6) is 0.427. The Kier molecular flexibility index (Phi) is 4.72. The second-order valence-electron chi connectivity index (χ2n) is 7.74. The number of fused-ring (bicyclic) bond motifs is 1. The lowest BCUT2D eigenvalue weighted by Crippen LogP contribution is -2.45. The molecule has 2 heterocycles. The van der Waals surface area contributed by atoms with Crippen molar-refractivity contribution in [3.63, 3.8) is 0 Å². The molecule has 0 unspecified atom stereocenters. The minimum absolute atomic E-state index is 0.0342. The highest BCUT2D eigenvalue weighted by atomic mass is 32.2. The summed E-state index contributed by atoms with van der Waals surface area (Å²) in [6.07, 6.45) is 1.43. The van der Waals surface area contributed by atoms with Crippen LogP contribution in [0.25, 0.3) is 0 Å². The monoisotopic (exact) mass is 379 g/mol. The number of carbonyl (C=O) groups excluding carboxylic acids is 1. The van der Waals surface area contributed by atoms with Crippen LogP contribution < -0.4 is 0 Å². The second kappa shape index (κ2) is 6.57. The van der Waals surface area contributed by atoms with Crippen molar-refractivity contribution in [1.82, 2.24) is 9.80 Å². The van der Waals surface area contributed by atoms with Crippen LogP contribution in [0.2, 0.25) is 0 Å². The van der Waals surface area contributed by atoms with Gasteiger partial charge in [0, 0.05) is 25.7 Å². The highest BCUT2D eigenvalue weighted by Gasteiger charge is 2.35. The Labute approximate surface area is 154 Å². The van der Waals surface area contributed by atoms with Crippen LogP contribution >= 0.6 is 0 Å². The van der Waals surface area contributed by atoms with E-state index in [9.17, 15) is 13.2 Å². The molecular weight excluding hydrogens is 354 g/mol. The zero-order valence-electron chi connectivity index (χ0n) is 15.6. The summed E-state index contributed by atoms with van der Waals surface area (Å²) in [7, 11) is -1.84. The molecule has 1 saturated heterocycles. The summed E-state index contributed by atoms with van der Waals surface area (Å²) in [5.41, 5.74) is 0.0652. The van der Waals surface area contributed by atoms with Gasteiger partial charge in [0.2, 0.25) is 0 Å². The summed E-state index contributed by atoms with van der Waals surface area (Å²) < 4.78 is 33.9. The summed E-state index contributed by atoms with van der Waals surface area (Å²) >= 11 is 0. The molecule has 0 N–H and O–H groups in total. The van der Waals surface area contributed by atoms with Gasteiger partial charge in [-0.2, -0.15) is 8.42 Å². The topological polar surface area (TPSA) is 79.3 Å². The fraction of sp³-hybridized carbons (Fsp3) is 0.556. The number of carbonyl (C=O) groups is 1. The molecule has 2 aliphatic heterocycles. The third-order valence-corrected chi connectivity index (χ3v) is 5.79. The van der Waals surface area contributed by atoms with Crippen LogP contribution in [0.3, 0.4) is 0 Å². The van der Waals surface area contributed by atoms with E-state index in [0.717, 1.165) is 12.8 Å². The summed E-state index contributed by atoms with van der Waals surface area (Å²) in [5, 5.41) is 0. The Bertz CT molecular complexity index is 842. The summed E-state index contributed by atoms with van der Waals surface area (Å²) in [6, 6.07) is 6.78. The van der Waals surface area contributed by atoms with Crippen molar-refractivity contribution in [1.29, 1.82) is 0 Å². The van der Waals surface area contributed by atoms with Gasteiger partial charge in [-0.05, 0) is 45.7 Å². The minimum atomic E-state index is -3.65. The number of nitrogens with zero attached hydrogens (tertiary/aromatic N) is 3. The second-order valence-corrected chi connectivity index (χ2v) is 9.31. The number of hydrogen-bond donors (Lipinski definition) is 0. The first kappa shape index (κ1) is 18.7. The average Bonchev–Trinajstić information content (AvgIpc) is 3.09. The normalized spacial score (nSPS) is 21.3. The fourth-order valence-electron chi connectivity index (χ4n) is 3.35. The van der Waals surface area contributed by atoms with E-state index < -0.39 is 15.6 Å². The van der Waals surface area contributed by atoms with Crippen LogP contribution in [0.4, 0.5) is 4.79 Å². The van der Waals surface area contributed by atoms with E-state index in [4.69, 9.17) is 4.74 Å². The van der Waals surface area contributed by atoms with Crippen molar-refractivity contribution in [2.45, 2.75) is 50.2 Å². The highest BCUT2D eigenvalue weighted by Crippen LogP contribution is 2.28. The highest BCUT2D eigenvalue weighted by molar-refractivity contribution is 7.90. The van der Waals surface area contributed by atoms with Gasteiger partial charge < -0.3 is 14.5 Å². The molecule has 0 aromatic heterocycles. The van der Waals surface area contributed by atoms with Gasteiger partial charge in [-0.15, -0.1) is 4.40 Å². The maximum Gasteiger partial charge on any atom is 0.410 e. The molecule has 2 aliphatic rings. The molecule has 1 aromatic carbocycles. The summed E-state index contributed by atoms with van der Waals surface area (Å²) in [4.78, 5) is 16.2. The van der Waals surface area contributed by atoms with E-state index in [1.54, 1.807) is 29.2 Å². The average molecular weight is 379 g/mol. The van der Waals surface area contributed by atoms with E-state index in [-0.39, 0.29) is 17.0 Å². The Morgan fingerprint density at radius 3 is 2.73 bits per heavy atom. The van der Waals surface area contributed by atoms with Crippen molar-refractivity contribution >= 4 is 22.0 Å². The lowest BCUT2D eigenvalue weighted by Gasteiger charge is -2.31. The third-order valence-electron chi connectivity index (χ3n) is 4.46. The first-order chi connectivity index (χ1) is 12.1. The number of rotatable bonds is 2. The van der Waals surface area contributed by atoms with Crippen molar-refractivity contribution in [3.8, 4) is 0 Å². The van der Waals surface area contributed by atoms with Crippen LogP contribution in [0, 0.1) is 0 Å². The Morgan fingerprint density at radius 2 is 2.04 bits per heavy atom. The molecule has 1 aromatic rings. The van der Waals surface area contributed by atoms with Gasteiger partial charge in [-0.1, -0.05) is 12.1 Å². The van der Waals surface area contributed by atoms with Gasteiger partial charge in [-0.3, -0.25) is 0 Å². The van der Waals surface area contributed by atoms with Crippen molar-refractivity contribution in [2.75, 3.05) is 20.1 Å². The Morgan fingerprint density at radius 1 is 1.35 bits per heavy atom. The molecule has 1 fully saturated rings. The number of likely N-dealkylation sites (N-methyl/N-ethyl adjacent to an activating group) is 1. The van der Waals surface area contributed by atoms with E-state index in [1.807, 2.05) is 32.7 Å². The van der Waals surface area contributed by atoms with Gasteiger partial charge in [-0.25, -0.2) is 4.79 Å². The van der Waals surface area contributed by atoms with E-state index >= 15 is 0 Å². The molecule has 26 heavy (non-hydrogen) atoms. The number of benzene rings is 1. The van der Waals surface area contributed by atoms with Crippen LogP contribution in [0.5, 0.6) is 0 Å². The minimum Gasteiger partial charge on any atom is -0.444 e. The maximum absolute atomic E-state index is 12.4. The van der Waals surface area contributed by atoms with E-state index in [1.165, 1.54) is 0 Å². The van der Waals surface area contributed by atoms with Crippen LogP contribution in [-0.2, 0) is 14.8 Å². The predicted molar refractivity (Wildman–Crippen MR) is 98.8 cm³/mol. The molecular formula is C18H25N3O4S. The van der Waals surface area contributed by atoms with Crippen molar-refractivity contribution < 1.29 is 17.9 Å². The first-order valence-electron chi connectivity index (χ1n) is 8.73. The zero-order valence-corrected chi connectivity index (χ0v) is 16.4. The molecule has 142 valence electrons. The smallest absolute Gasteiger partial charge is 0.410 e. The number of amidine groups is 1. The quantitative estimate of drug-likeness (QED) is 0.789. The SMILES string of the molecule is CN(C[C@H]1CCCN1C(=O)OC(C)(C)C)C1=NS(=O)(=O)c2ccccc21. The first-order valence-corrected chi connectivity index (χ1v) is 10.2. The van der Waals surface area contributed by atoms with E-state index in [0.29, 0.717) is 24.5 Å². The lowest BCUT2D eigenvalue weighted by molar-refractivity contribution is 0.0215. The zero-order chi connectivity index (χ0) is 19.1. The summed E-state index contributed by atoms with van der Waals surface area (Å²) in [6.45, 7) is 6.68. The van der Waals surface area contributed by atoms with Gasteiger partial charge in [0.05, 0.1) is 6.04 Å². The number of ether oxygens (including phenoxy) is 1. The van der Waals surface area contributed by atoms with Gasteiger partial charge in [0.25, 0.3) is 10.0 Å². The third kappa shape index (κ3) is 3.70. The largest absolute Gasteiger partial charge is 0.444 e. The fourth-order valence-corrected chi connectivity index (χ4v) is 4.60. The predicted octanol–water partition coefficient (Wildman–Crippen LogP) is 2.47. The number of sulfonamides is 1. The maximum atomic E-state index is 12.4. The van der Waals surface area contributed by atoms with Crippen LogP contribution in [-0.4, -0.2) is 61.9 Å². The molecule has 7 nitrogen and oxygen atoms in total. The number of hydrogen-bond acceptors (Lipinski definition) is 5. The molecule has 0 saturated carbocycles. The van der Waals surface area contributed by atoms with Crippen LogP contribution in [0.15, 0.2) is 33.6 Å².